The molecule has 1 heterocycles. The monoisotopic (exact) mass is 438 g/mol. The zero-order valence-corrected chi connectivity index (χ0v) is 16.2. The predicted octanol–water partition coefficient (Wildman–Crippen LogP) is 5.60. The van der Waals surface area contributed by atoms with E-state index in [1.807, 2.05) is 0 Å². The average molecular weight is 438 g/mol. The molecule has 0 radical (unpaired) electrons. The first-order valence-electron chi connectivity index (χ1n) is 8.45. The lowest BCUT2D eigenvalue weighted by molar-refractivity contribution is -0.274. The maximum Gasteiger partial charge on any atom is 0.573 e. The number of benzene rings is 2. The number of thiophene rings is 1. The minimum Gasteiger partial charge on any atom is -0.406 e. The van der Waals surface area contributed by atoms with Crippen LogP contribution in [0.4, 0.5) is 28.3 Å². The lowest BCUT2D eigenvalue weighted by atomic mass is 10.2. The van der Waals surface area contributed by atoms with Gasteiger partial charge in [-0.25, -0.2) is 4.39 Å². The van der Waals surface area contributed by atoms with Gasteiger partial charge in [0.2, 0.25) is 0 Å². The highest BCUT2D eigenvalue weighted by molar-refractivity contribution is 7.18. The van der Waals surface area contributed by atoms with Gasteiger partial charge in [-0.1, -0.05) is 12.1 Å². The van der Waals surface area contributed by atoms with Crippen LogP contribution >= 0.6 is 11.3 Å². The van der Waals surface area contributed by atoms with E-state index >= 15 is 0 Å². The summed E-state index contributed by atoms with van der Waals surface area (Å²) in [5, 5.41) is 5.44. The number of anilines is 2. The van der Waals surface area contributed by atoms with Gasteiger partial charge in [0.15, 0.2) is 0 Å². The van der Waals surface area contributed by atoms with Crippen LogP contribution in [0.2, 0.25) is 0 Å². The van der Waals surface area contributed by atoms with Gasteiger partial charge in [0, 0.05) is 17.3 Å². The predicted molar refractivity (Wildman–Crippen MR) is 104 cm³/mol. The van der Waals surface area contributed by atoms with Crippen molar-refractivity contribution in [2.45, 2.75) is 13.3 Å². The van der Waals surface area contributed by atoms with Gasteiger partial charge in [-0.05, 0) is 48.9 Å². The first kappa shape index (κ1) is 21.3. The summed E-state index contributed by atoms with van der Waals surface area (Å²) in [6.45, 7) is 1.65. The number of alkyl halides is 3. The van der Waals surface area contributed by atoms with Crippen LogP contribution in [0, 0.1) is 12.7 Å². The molecular weight excluding hydrogens is 424 g/mol. The normalized spacial score (nSPS) is 11.1. The van der Waals surface area contributed by atoms with E-state index in [4.69, 9.17) is 0 Å². The van der Waals surface area contributed by atoms with Crippen molar-refractivity contribution in [1.29, 1.82) is 0 Å². The highest BCUT2D eigenvalue weighted by atomic mass is 32.1. The molecule has 5 nitrogen and oxygen atoms in total. The van der Waals surface area contributed by atoms with E-state index in [1.54, 1.807) is 13.0 Å². The van der Waals surface area contributed by atoms with E-state index in [2.05, 4.69) is 15.4 Å². The fourth-order valence-corrected chi connectivity index (χ4v) is 3.50. The molecule has 0 atom stereocenters. The van der Waals surface area contributed by atoms with E-state index in [-0.39, 0.29) is 16.1 Å². The van der Waals surface area contributed by atoms with Crippen molar-refractivity contribution in [1.82, 2.24) is 0 Å². The largest absolute Gasteiger partial charge is 0.573 e. The summed E-state index contributed by atoms with van der Waals surface area (Å²) >= 11 is 0.979. The van der Waals surface area contributed by atoms with E-state index in [1.165, 1.54) is 30.3 Å². The number of ether oxygens (including phenoxy) is 1. The molecule has 0 saturated heterocycles. The summed E-state index contributed by atoms with van der Waals surface area (Å²) in [6.07, 6.45) is -4.85. The van der Waals surface area contributed by atoms with Gasteiger partial charge in [0.1, 0.15) is 11.6 Å². The molecule has 0 fully saturated rings. The van der Waals surface area contributed by atoms with Crippen LogP contribution in [0.5, 0.6) is 5.75 Å². The quantitative estimate of drug-likeness (QED) is 0.510. The fraction of sp³-hybridized carbons (Fsp3) is 0.100. The molecule has 2 amide bonds. The second kappa shape index (κ2) is 8.54. The van der Waals surface area contributed by atoms with Crippen molar-refractivity contribution in [2.75, 3.05) is 10.6 Å². The smallest absolute Gasteiger partial charge is 0.406 e. The summed E-state index contributed by atoms with van der Waals surface area (Å²) < 4.78 is 54.1. The van der Waals surface area contributed by atoms with Crippen molar-refractivity contribution < 1.29 is 31.9 Å². The minimum atomic E-state index is -4.85. The Labute approximate surface area is 172 Å². The maximum absolute atomic E-state index is 13.3. The number of aryl methyl sites for hydroxylation is 1. The number of nitrogens with one attached hydrogen (secondary N) is 2. The molecule has 0 saturated carbocycles. The molecule has 0 aliphatic rings. The second-order valence-corrected chi connectivity index (χ2v) is 7.17. The van der Waals surface area contributed by atoms with E-state index < -0.39 is 29.7 Å². The summed E-state index contributed by atoms with van der Waals surface area (Å²) in [4.78, 5) is 25.0. The molecule has 3 rings (SSSR count). The Balaban J connectivity index is 1.71. The number of hydrogen-bond donors (Lipinski definition) is 2. The van der Waals surface area contributed by atoms with Crippen molar-refractivity contribution in [3.05, 3.63) is 76.4 Å². The first-order valence-corrected chi connectivity index (χ1v) is 9.27. The molecule has 0 bridgehead atoms. The van der Waals surface area contributed by atoms with Crippen molar-refractivity contribution in [3.8, 4) is 5.75 Å². The molecule has 156 valence electrons. The average Bonchev–Trinajstić information content (AvgIpc) is 3.01. The van der Waals surface area contributed by atoms with Gasteiger partial charge >= 0.3 is 6.36 Å². The van der Waals surface area contributed by atoms with E-state index in [0.29, 0.717) is 10.6 Å². The Morgan fingerprint density at radius 3 is 2.40 bits per heavy atom. The molecule has 0 unspecified atom stereocenters. The second-order valence-electron chi connectivity index (χ2n) is 6.12. The van der Waals surface area contributed by atoms with Crippen LogP contribution in [0.1, 0.15) is 25.6 Å². The van der Waals surface area contributed by atoms with Crippen LogP contribution in [-0.4, -0.2) is 18.2 Å². The Hall–Kier alpha value is -3.40. The number of hydrogen-bond acceptors (Lipinski definition) is 4. The van der Waals surface area contributed by atoms with Crippen LogP contribution < -0.4 is 15.4 Å². The van der Waals surface area contributed by atoms with Gasteiger partial charge in [-0.3, -0.25) is 9.59 Å². The number of carbonyl (C=O) groups excluding carboxylic acids is 2. The van der Waals surface area contributed by atoms with Gasteiger partial charge in [-0.2, -0.15) is 0 Å². The van der Waals surface area contributed by atoms with E-state index in [9.17, 15) is 27.2 Å². The van der Waals surface area contributed by atoms with Crippen LogP contribution in [0.25, 0.3) is 0 Å². The zero-order valence-electron chi connectivity index (χ0n) is 15.3. The molecule has 0 spiro atoms. The number of rotatable bonds is 5. The maximum atomic E-state index is 13.3. The van der Waals surface area contributed by atoms with Crippen LogP contribution in [0.3, 0.4) is 0 Å². The van der Waals surface area contributed by atoms with Gasteiger partial charge < -0.3 is 15.4 Å². The Bertz CT molecular complexity index is 1100. The molecule has 0 aliphatic heterocycles. The molecule has 2 N–H and O–H groups in total. The molecule has 0 aliphatic carbocycles. The number of halogens is 4. The third kappa shape index (κ3) is 5.57. The van der Waals surface area contributed by atoms with Crippen LogP contribution in [-0.2, 0) is 0 Å². The van der Waals surface area contributed by atoms with Gasteiger partial charge in [0.25, 0.3) is 11.8 Å². The number of carbonyl (C=O) groups is 2. The zero-order chi connectivity index (χ0) is 21.9. The van der Waals surface area contributed by atoms with Crippen molar-refractivity contribution >= 4 is 33.8 Å². The highest BCUT2D eigenvalue weighted by Crippen LogP contribution is 2.29. The standard InChI is InChI=1S/C20H14F4N2O3S/c1-11-8-16(26-18(27)12-4-2-5-13(21)9-12)30-17(11)19(28)25-14-6-3-7-15(10-14)29-20(22,23)24/h2-10H,1H3,(H,25,28)(H,26,27). The Morgan fingerprint density at radius 2 is 1.70 bits per heavy atom. The first-order chi connectivity index (χ1) is 14.1. The molecule has 3 aromatic rings. The fourth-order valence-electron chi connectivity index (χ4n) is 2.54. The lowest BCUT2D eigenvalue weighted by Gasteiger charge is -2.10. The SMILES string of the molecule is Cc1cc(NC(=O)c2cccc(F)c2)sc1C(=O)Nc1cccc(OC(F)(F)F)c1. The number of amides is 2. The minimum absolute atomic E-state index is 0.111. The lowest BCUT2D eigenvalue weighted by Crippen LogP contribution is -2.17. The molecule has 10 heteroatoms. The highest BCUT2D eigenvalue weighted by Gasteiger charge is 2.31. The Morgan fingerprint density at radius 1 is 0.967 bits per heavy atom. The molecular formula is C20H14F4N2O3S. The molecule has 30 heavy (non-hydrogen) atoms. The van der Waals surface area contributed by atoms with E-state index in [0.717, 1.165) is 29.5 Å². The van der Waals surface area contributed by atoms with Gasteiger partial charge in [0.05, 0.1) is 9.88 Å². The van der Waals surface area contributed by atoms with Crippen molar-refractivity contribution in [3.63, 3.8) is 0 Å². The third-order valence-corrected chi connectivity index (χ3v) is 4.92. The molecule has 2 aromatic carbocycles. The third-order valence-electron chi connectivity index (χ3n) is 3.77. The Kier molecular flexibility index (Phi) is 6.06. The van der Waals surface area contributed by atoms with Crippen LogP contribution in [0.15, 0.2) is 54.6 Å². The van der Waals surface area contributed by atoms with Gasteiger partial charge in [-0.15, -0.1) is 24.5 Å². The summed E-state index contributed by atoms with van der Waals surface area (Å²) in [6, 6.07) is 11.6. The van der Waals surface area contributed by atoms with Crippen molar-refractivity contribution in [2.24, 2.45) is 0 Å². The topological polar surface area (TPSA) is 67.4 Å². The summed E-state index contributed by atoms with van der Waals surface area (Å²) in [5.74, 6) is -2.12. The summed E-state index contributed by atoms with van der Waals surface area (Å²) in [7, 11) is 0. The summed E-state index contributed by atoms with van der Waals surface area (Å²) in [5.41, 5.74) is 0.781. The molecule has 1 aromatic heterocycles.